The smallest absolute Gasteiger partial charge is 0.285 e. The number of carbonyl (C=O) groups excluding carboxylic acids is 1. The Labute approximate surface area is 143 Å². The molecule has 0 N–H and O–H groups in total. The Morgan fingerprint density at radius 3 is 2.64 bits per heavy atom. The topological polar surface area (TPSA) is 85.4 Å². The van der Waals surface area contributed by atoms with E-state index >= 15 is 0 Å². The normalized spacial score (nSPS) is 13.2. The van der Waals surface area contributed by atoms with Gasteiger partial charge in [0.15, 0.2) is 0 Å². The third-order valence-corrected chi connectivity index (χ3v) is 5.06. The van der Waals surface area contributed by atoms with Crippen molar-refractivity contribution in [1.82, 2.24) is 10.1 Å². The van der Waals surface area contributed by atoms with Crippen LogP contribution in [0.5, 0.6) is 0 Å². The second kappa shape index (κ2) is 6.56. The van der Waals surface area contributed by atoms with Gasteiger partial charge in [-0.15, -0.1) is 0 Å². The SMILES string of the molecule is Cc1nc(-c2cccc(C(=O)N=S(C)(=O)c3ccccc3F)c2)no1. The summed E-state index contributed by atoms with van der Waals surface area (Å²) in [7, 11) is -3.21. The minimum atomic E-state index is -3.21. The first kappa shape index (κ1) is 17.0. The maximum Gasteiger partial charge on any atom is 0.285 e. The molecule has 6 nitrogen and oxygen atoms in total. The van der Waals surface area contributed by atoms with Crippen molar-refractivity contribution in [3.05, 3.63) is 65.8 Å². The summed E-state index contributed by atoms with van der Waals surface area (Å²) < 4.78 is 35.2. The number of hydrogen-bond donors (Lipinski definition) is 0. The number of benzene rings is 2. The van der Waals surface area contributed by atoms with Crippen molar-refractivity contribution in [2.24, 2.45) is 4.36 Å². The standard InChI is InChI=1S/C17H14FN3O3S/c1-11-19-16(20-24-11)12-6-5-7-13(10-12)17(22)21-25(2,23)15-9-4-3-8-14(15)18/h3-10H,1-2H3. The molecule has 0 spiro atoms. The summed E-state index contributed by atoms with van der Waals surface area (Å²) in [5.41, 5.74) is 0.761. The van der Waals surface area contributed by atoms with Gasteiger partial charge in [0, 0.05) is 24.3 Å². The molecule has 1 atom stereocenters. The molecule has 1 aromatic heterocycles. The van der Waals surface area contributed by atoms with Crippen LogP contribution in [-0.4, -0.2) is 26.5 Å². The average molecular weight is 359 g/mol. The van der Waals surface area contributed by atoms with E-state index in [-0.39, 0.29) is 10.5 Å². The van der Waals surface area contributed by atoms with Gasteiger partial charge in [-0.3, -0.25) is 4.79 Å². The van der Waals surface area contributed by atoms with Gasteiger partial charge in [0.2, 0.25) is 11.7 Å². The van der Waals surface area contributed by atoms with Crippen LogP contribution >= 0.6 is 0 Å². The van der Waals surface area contributed by atoms with Gasteiger partial charge in [-0.1, -0.05) is 29.4 Å². The number of halogens is 1. The largest absolute Gasteiger partial charge is 0.339 e. The summed E-state index contributed by atoms with van der Waals surface area (Å²) >= 11 is 0. The number of carbonyl (C=O) groups is 1. The lowest BCUT2D eigenvalue weighted by molar-refractivity contribution is 0.100. The number of nitrogens with zero attached hydrogens (tertiary/aromatic N) is 3. The highest BCUT2D eigenvalue weighted by molar-refractivity contribution is 7.93. The van der Waals surface area contributed by atoms with Gasteiger partial charge in [-0.2, -0.15) is 9.35 Å². The quantitative estimate of drug-likeness (QED) is 0.715. The summed E-state index contributed by atoms with van der Waals surface area (Å²) in [4.78, 5) is 16.4. The fourth-order valence-corrected chi connectivity index (χ4v) is 3.50. The lowest BCUT2D eigenvalue weighted by atomic mass is 10.1. The highest BCUT2D eigenvalue weighted by Gasteiger charge is 2.16. The zero-order chi connectivity index (χ0) is 18.0. The molecule has 1 heterocycles. The predicted octanol–water partition coefficient (Wildman–Crippen LogP) is 3.48. The number of rotatable bonds is 3. The Kier molecular flexibility index (Phi) is 4.45. The number of aryl methyl sites for hydroxylation is 1. The number of amides is 1. The summed E-state index contributed by atoms with van der Waals surface area (Å²) in [5, 5.41) is 3.79. The first-order chi connectivity index (χ1) is 11.9. The molecule has 2 aromatic carbocycles. The molecule has 8 heteroatoms. The molecular formula is C17H14FN3O3S. The van der Waals surface area contributed by atoms with E-state index < -0.39 is 21.5 Å². The van der Waals surface area contributed by atoms with Crippen molar-refractivity contribution in [1.29, 1.82) is 0 Å². The van der Waals surface area contributed by atoms with Gasteiger partial charge < -0.3 is 4.52 Å². The van der Waals surface area contributed by atoms with Gasteiger partial charge in [-0.05, 0) is 24.3 Å². The molecule has 0 fully saturated rings. The molecule has 0 aliphatic rings. The first-order valence-corrected chi connectivity index (χ1v) is 9.21. The number of aromatic nitrogens is 2. The van der Waals surface area contributed by atoms with Crippen LogP contribution in [0, 0.1) is 12.7 Å². The molecule has 0 radical (unpaired) electrons. The highest BCUT2D eigenvalue weighted by Crippen LogP contribution is 2.20. The molecule has 25 heavy (non-hydrogen) atoms. The zero-order valence-electron chi connectivity index (χ0n) is 13.5. The first-order valence-electron chi connectivity index (χ1n) is 7.28. The van der Waals surface area contributed by atoms with Crippen molar-refractivity contribution >= 4 is 15.6 Å². The van der Waals surface area contributed by atoms with Crippen LogP contribution in [0.3, 0.4) is 0 Å². The summed E-state index contributed by atoms with van der Waals surface area (Å²) in [6, 6.07) is 11.9. The highest BCUT2D eigenvalue weighted by atomic mass is 32.2. The molecule has 0 aliphatic carbocycles. The Morgan fingerprint density at radius 1 is 1.20 bits per heavy atom. The van der Waals surface area contributed by atoms with Crippen molar-refractivity contribution in [2.45, 2.75) is 11.8 Å². The lowest BCUT2D eigenvalue weighted by Crippen LogP contribution is -2.06. The van der Waals surface area contributed by atoms with E-state index in [9.17, 15) is 13.4 Å². The van der Waals surface area contributed by atoms with E-state index in [0.717, 1.165) is 0 Å². The van der Waals surface area contributed by atoms with E-state index in [2.05, 4.69) is 14.5 Å². The van der Waals surface area contributed by atoms with Gasteiger partial charge >= 0.3 is 0 Å². The monoisotopic (exact) mass is 359 g/mol. The third-order valence-electron chi connectivity index (χ3n) is 3.40. The van der Waals surface area contributed by atoms with Crippen LogP contribution in [0.2, 0.25) is 0 Å². The summed E-state index contributed by atoms with van der Waals surface area (Å²) in [6.07, 6.45) is 1.23. The molecule has 1 amide bonds. The minimum Gasteiger partial charge on any atom is -0.339 e. The lowest BCUT2D eigenvalue weighted by Gasteiger charge is -2.05. The van der Waals surface area contributed by atoms with Gasteiger partial charge in [-0.25, -0.2) is 8.60 Å². The van der Waals surface area contributed by atoms with Crippen LogP contribution in [0.1, 0.15) is 16.2 Å². The van der Waals surface area contributed by atoms with Gasteiger partial charge in [0.25, 0.3) is 5.91 Å². The molecular weight excluding hydrogens is 345 g/mol. The van der Waals surface area contributed by atoms with Crippen molar-refractivity contribution in [2.75, 3.05) is 6.26 Å². The van der Waals surface area contributed by atoms with E-state index in [1.165, 1.54) is 36.6 Å². The van der Waals surface area contributed by atoms with Crippen molar-refractivity contribution in [3.8, 4) is 11.4 Å². The summed E-state index contributed by atoms with van der Waals surface area (Å²) in [6.45, 7) is 1.65. The van der Waals surface area contributed by atoms with Crippen LogP contribution in [0.4, 0.5) is 4.39 Å². The molecule has 3 aromatic rings. The molecule has 128 valence electrons. The second-order valence-electron chi connectivity index (χ2n) is 5.35. The van der Waals surface area contributed by atoms with Crippen LogP contribution in [-0.2, 0) is 9.73 Å². The Morgan fingerprint density at radius 2 is 1.96 bits per heavy atom. The molecule has 3 rings (SSSR count). The predicted molar refractivity (Wildman–Crippen MR) is 90.0 cm³/mol. The van der Waals surface area contributed by atoms with Crippen molar-refractivity contribution in [3.63, 3.8) is 0 Å². The van der Waals surface area contributed by atoms with Gasteiger partial charge in [0.05, 0.1) is 14.6 Å². The summed E-state index contributed by atoms with van der Waals surface area (Å²) in [5.74, 6) is -0.647. The Bertz CT molecular complexity index is 1070. The molecule has 0 saturated heterocycles. The Hall–Kier alpha value is -2.87. The molecule has 0 aliphatic heterocycles. The van der Waals surface area contributed by atoms with E-state index in [1.807, 2.05) is 0 Å². The van der Waals surface area contributed by atoms with Gasteiger partial charge in [0.1, 0.15) is 5.82 Å². The number of hydrogen-bond acceptors (Lipinski definition) is 5. The van der Waals surface area contributed by atoms with Crippen LogP contribution < -0.4 is 0 Å². The maximum atomic E-state index is 13.8. The maximum absolute atomic E-state index is 13.8. The van der Waals surface area contributed by atoms with Crippen molar-refractivity contribution < 1.29 is 17.9 Å². The van der Waals surface area contributed by atoms with E-state index in [4.69, 9.17) is 4.52 Å². The fraction of sp³-hybridized carbons (Fsp3) is 0.118. The van der Waals surface area contributed by atoms with Crippen LogP contribution in [0.15, 0.2) is 62.3 Å². The van der Waals surface area contributed by atoms with Crippen LogP contribution in [0.25, 0.3) is 11.4 Å². The molecule has 1 unspecified atom stereocenters. The van der Waals surface area contributed by atoms with E-state index in [0.29, 0.717) is 17.3 Å². The second-order valence-corrected chi connectivity index (χ2v) is 7.57. The molecule has 0 bridgehead atoms. The third kappa shape index (κ3) is 3.63. The fourth-order valence-electron chi connectivity index (χ4n) is 2.22. The average Bonchev–Trinajstić information content (AvgIpc) is 3.01. The minimum absolute atomic E-state index is 0.103. The molecule has 0 saturated carbocycles. The Balaban J connectivity index is 1.99. The zero-order valence-corrected chi connectivity index (χ0v) is 14.3. The van der Waals surface area contributed by atoms with E-state index in [1.54, 1.807) is 25.1 Å².